The second-order valence-electron chi connectivity index (χ2n) is 11.2. The number of amides is 2. The van der Waals surface area contributed by atoms with Crippen LogP contribution in [0.2, 0.25) is 15.1 Å². The van der Waals surface area contributed by atoms with Crippen molar-refractivity contribution in [1.82, 2.24) is 24.3 Å². The van der Waals surface area contributed by atoms with Gasteiger partial charge in [0.05, 0.1) is 26.8 Å². The third kappa shape index (κ3) is 6.25. The van der Waals surface area contributed by atoms with E-state index < -0.39 is 11.8 Å². The number of nitrogens with one attached hydrogen (secondary N) is 2. The summed E-state index contributed by atoms with van der Waals surface area (Å²) in [5.41, 5.74) is 8.58. The Kier molecular flexibility index (Phi) is 8.66. The summed E-state index contributed by atoms with van der Waals surface area (Å²) in [4.78, 5) is 26.5. The Morgan fingerprint density at radius 1 is 0.953 bits per heavy atom. The van der Waals surface area contributed by atoms with E-state index in [1.807, 2.05) is 6.20 Å². The van der Waals surface area contributed by atoms with Gasteiger partial charge in [0.25, 0.3) is 0 Å². The highest BCUT2D eigenvalue weighted by molar-refractivity contribution is 6.42. The largest absolute Gasteiger partial charge is 0.383 e. The maximum absolute atomic E-state index is 15.4. The number of carbonyl (C=O) groups is 1. The topological polar surface area (TPSA) is 104 Å². The van der Waals surface area contributed by atoms with Gasteiger partial charge in [-0.05, 0) is 62.6 Å². The normalized spacial score (nSPS) is 19.9. The number of piperazine rings is 1. The van der Waals surface area contributed by atoms with E-state index in [0.29, 0.717) is 27.8 Å². The molecule has 2 fully saturated rings. The maximum atomic E-state index is 15.4. The van der Waals surface area contributed by atoms with Gasteiger partial charge in [0.15, 0.2) is 0 Å². The number of nitrogen functional groups attached to an aromatic ring is 1. The van der Waals surface area contributed by atoms with Gasteiger partial charge in [-0.15, -0.1) is 0 Å². The van der Waals surface area contributed by atoms with Crippen LogP contribution in [0.25, 0.3) is 22.2 Å². The molecule has 0 atom stereocenters. The number of urea groups is 1. The number of carbonyl (C=O) groups excluding carboxylic acids is 1. The SMILES string of the molecule is CN1CCN(C2CCC(n3cc(-c4ccc(NC(=O)Nc5c(Cl)cc(Cl)cc5Cl)c(F)c4)c4c(N)ncnc43)CC2)CC1. The van der Waals surface area contributed by atoms with Crippen molar-refractivity contribution in [3.8, 4) is 11.1 Å². The molecule has 13 heteroatoms. The molecule has 0 unspecified atom stereocenters. The first-order valence-electron chi connectivity index (χ1n) is 14.2. The van der Waals surface area contributed by atoms with E-state index in [9.17, 15) is 4.79 Å². The number of rotatable bonds is 5. The van der Waals surface area contributed by atoms with Crippen molar-refractivity contribution in [3.05, 3.63) is 63.7 Å². The first kappa shape index (κ1) is 29.9. The Hall–Kier alpha value is -3.15. The predicted molar refractivity (Wildman–Crippen MR) is 172 cm³/mol. The highest BCUT2D eigenvalue weighted by Gasteiger charge is 2.30. The molecule has 1 aliphatic heterocycles. The summed E-state index contributed by atoms with van der Waals surface area (Å²) in [6, 6.07) is 7.65. The molecule has 1 saturated carbocycles. The molecule has 0 bridgehead atoms. The van der Waals surface area contributed by atoms with Gasteiger partial charge in [0.1, 0.15) is 23.6 Å². The molecule has 226 valence electrons. The molecule has 2 amide bonds. The van der Waals surface area contributed by atoms with Crippen molar-refractivity contribution >= 4 is 69.1 Å². The van der Waals surface area contributed by atoms with Crippen LogP contribution in [0, 0.1) is 5.82 Å². The van der Waals surface area contributed by atoms with Crippen LogP contribution in [-0.2, 0) is 0 Å². The third-order valence-corrected chi connectivity index (χ3v) is 9.34. The van der Waals surface area contributed by atoms with E-state index in [4.69, 9.17) is 40.5 Å². The van der Waals surface area contributed by atoms with Crippen LogP contribution in [0.5, 0.6) is 0 Å². The van der Waals surface area contributed by atoms with Gasteiger partial charge < -0.3 is 25.8 Å². The number of likely N-dealkylation sites (N-methyl/N-ethyl adjacent to an activating group) is 1. The number of benzene rings is 2. The third-order valence-electron chi connectivity index (χ3n) is 8.53. The van der Waals surface area contributed by atoms with Crippen LogP contribution in [0.1, 0.15) is 31.7 Å². The Morgan fingerprint density at radius 2 is 1.63 bits per heavy atom. The smallest absolute Gasteiger partial charge is 0.323 e. The summed E-state index contributed by atoms with van der Waals surface area (Å²) in [6.07, 6.45) is 7.77. The van der Waals surface area contributed by atoms with Crippen LogP contribution >= 0.6 is 34.8 Å². The average molecular weight is 646 g/mol. The highest BCUT2D eigenvalue weighted by Crippen LogP contribution is 2.40. The minimum Gasteiger partial charge on any atom is -0.383 e. The number of halogens is 4. The second-order valence-corrected chi connectivity index (χ2v) is 12.5. The van der Waals surface area contributed by atoms with Crippen LogP contribution < -0.4 is 16.4 Å². The van der Waals surface area contributed by atoms with Crippen LogP contribution in [0.3, 0.4) is 0 Å². The van der Waals surface area contributed by atoms with Gasteiger partial charge in [-0.2, -0.15) is 0 Å². The second kappa shape index (κ2) is 12.5. The number of nitrogens with two attached hydrogens (primary N) is 1. The fourth-order valence-electron chi connectivity index (χ4n) is 6.21. The fourth-order valence-corrected chi connectivity index (χ4v) is 7.12. The number of hydrogen-bond donors (Lipinski definition) is 3. The Morgan fingerprint density at radius 3 is 2.30 bits per heavy atom. The van der Waals surface area contributed by atoms with Gasteiger partial charge in [0.2, 0.25) is 0 Å². The maximum Gasteiger partial charge on any atom is 0.323 e. The quantitative estimate of drug-likeness (QED) is 0.213. The van der Waals surface area contributed by atoms with Crippen molar-refractivity contribution in [3.63, 3.8) is 0 Å². The van der Waals surface area contributed by atoms with Crippen molar-refractivity contribution in [2.75, 3.05) is 49.6 Å². The standard InChI is InChI=1S/C30H32Cl3FN8O/c1-40-8-10-41(11-9-40)19-3-5-20(6-4-19)42-15-21(26-28(35)36-16-37-29(26)42)17-2-7-25(24(34)12-17)38-30(43)39-27-22(32)13-18(31)14-23(27)33/h2,7,12-16,19-20H,3-6,8-11H2,1H3,(H2,35,36,37)(H2,38,39,43). The summed E-state index contributed by atoms with van der Waals surface area (Å²) in [7, 11) is 2.18. The zero-order valence-corrected chi connectivity index (χ0v) is 25.9. The average Bonchev–Trinajstić information content (AvgIpc) is 3.38. The summed E-state index contributed by atoms with van der Waals surface area (Å²) in [6.45, 7) is 4.46. The van der Waals surface area contributed by atoms with Gasteiger partial charge >= 0.3 is 6.03 Å². The molecular weight excluding hydrogens is 614 g/mol. The van der Waals surface area contributed by atoms with Crippen molar-refractivity contribution in [2.45, 2.75) is 37.8 Å². The molecule has 6 rings (SSSR count). The van der Waals surface area contributed by atoms with E-state index in [1.165, 1.54) is 30.6 Å². The zero-order valence-electron chi connectivity index (χ0n) is 23.6. The molecule has 0 radical (unpaired) electrons. The molecule has 4 aromatic rings. The monoisotopic (exact) mass is 644 g/mol. The van der Waals surface area contributed by atoms with E-state index in [1.54, 1.807) is 6.07 Å². The van der Waals surface area contributed by atoms with Crippen LogP contribution in [-0.4, -0.2) is 69.6 Å². The fraction of sp³-hybridized carbons (Fsp3) is 0.367. The summed E-state index contributed by atoms with van der Waals surface area (Å²) >= 11 is 18.3. The number of anilines is 3. The van der Waals surface area contributed by atoms with Gasteiger partial charge in [-0.1, -0.05) is 40.9 Å². The number of hydrogen-bond acceptors (Lipinski definition) is 6. The van der Waals surface area contributed by atoms with Crippen molar-refractivity contribution < 1.29 is 9.18 Å². The first-order valence-corrected chi connectivity index (χ1v) is 15.4. The molecule has 1 aliphatic carbocycles. The van der Waals surface area contributed by atoms with Gasteiger partial charge in [-0.3, -0.25) is 4.90 Å². The van der Waals surface area contributed by atoms with Crippen molar-refractivity contribution in [2.24, 2.45) is 0 Å². The molecule has 1 saturated heterocycles. The zero-order chi connectivity index (χ0) is 30.2. The molecule has 9 nitrogen and oxygen atoms in total. The molecule has 2 aromatic carbocycles. The van der Waals surface area contributed by atoms with E-state index in [0.717, 1.165) is 63.1 Å². The number of fused-ring (bicyclic) bond motifs is 1. The lowest BCUT2D eigenvalue weighted by Crippen LogP contribution is -2.49. The Balaban J connectivity index is 1.21. The van der Waals surface area contributed by atoms with E-state index in [-0.39, 0.29) is 27.5 Å². The predicted octanol–water partition coefficient (Wildman–Crippen LogP) is 7.15. The van der Waals surface area contributed by atoms with E-state index in [2.05, 4.69) is 42.0 Å². The van der Waals surface area contributed by atoms with Crippen LogP contribution in [0.4, 0.5) is 26.4 Å². The van der Waals surface area contributed by atoms with Gasteiger partial charge in [-0.25, -0.2) is 19.2 Å². The molecule has 4 N–H and O–H groups in total. The van der Waals surface area contributed by atoms with E-state index >= 15 is 4.39 Å². The summed E-state index contributed by atoms with van der Waals surface area (Å²) < 4.78 is 17.5. The minimum absolute atomic E-state index is 0.0161. The molecule has 2 aromatic heterocycles. The molecule has 2 aliphatic rings. The highest BCUT2D eigenvalue weighted by atomic mass is 35.5. The number of aromatic nitrogens is 3. The first-order chi connectivity index (χ1) is 20.7. The van der Waals surface area contributed by atoms with Crippen LogP contribution in [0.15, 0.2) is 42.9 Å². The lowest BCUT2D eigenvalue weighted by molar-refractivity contribution is 0.0828. The lowest BCUT2D eigenvalue weighted by atomic mass is 9.89. The summed E-state index contributed by atoms with van der Waals surface area (Å²) in [5.74, 6) is -0.284. The molecule has 43 heavy (non-hydrogen) atoms. The minimum atomic E-state index is -0.709. The van der Waals surface area contributed by atoms with Gasteiger partial charge in [0, 0.05) is 55.0 Å². The van der Waals surface area contributed by atoms with Crippen molar-refractivity contribution in [1.29, 1.82) is 0 Å². The Labute approximate surface area is 264 Å². The summed E-state index contributed by atoms with van der Waals surface area (Å²) in [5, 5.41) is 6.39. The number of nitrogens with zero attached hydrogens (tertiary/aromatic N) is 5. The lowest BCUT2D eigenvalue weighted by Gasteiger charge is -2.41. The molecule has 0 spiro atoms. The Bertz CT molecular complexity index is 1640. The molecule has 3 heterocycles. The molecular formula is C30H32Cl3FN8O.